The molecule has 4 aliphatic rings. The zero-order valence-corrected chi connectivity index (χ0v) is 21.4. The molecule has 0 aromatic rings. The highest BCUT2D eigenvalue weighted by molar-refractivity contribution is 8.00. The number of aliphatic hydroxyl groups is 1. The molecule has 0 radical (unpaired) electrons. The van der Waals surface area contributed by atoms with Gasteiger partial charge in [0.05, 0.1) is 19.3 Å². The molecule has 0 aromatic carbocycles. The zero-order valence-electron chi connectivity index (χ0n) is 20.6. The molecule has 2 saturated heterocycles. The van der Waals surface area contributed by atoms with Crippen LogP contribution in [0.25, 0.3) is 0 Å². The maximum atomic E-state index is 13.0. The van der Waals surface area contributed by atoms with E-state index < -0.39 is 6.10 Å². The Balaban J connectivity index is 1.34. The second-order valence-electron chi connectivity index (χ2n) is 10.9. The fourth-order valence-electron chi connectivity index (χ4n) is 6.99. The standard InChI is InChI=1S/C25H44N4O3S/c1-5-8-27-24-28-21-17(3)20-22(30)18(6-7-25(20,4)15-19(21)33-24)16(2)23(31)26-9-10-29-11-13-32-14-12-29/h5,16-22,24,27-28,30H,1,6-15H2,2-4H3,(H,26,31). The van der Waals surface area contributed by atoms with Crippen LogP contribution in [0.4, 0.5) is 0 Å². The largest absolute Gasteiger partial charge is 0.392 e. The van der Waals surface area contributed by atoms with Crippen LogP contribution in [0.1, 0.15) is 40.0 Å². The fraction of sp³-hybridized carbons (Fsp3) is 0.880. The molecule has 7 nitrogen and oxygen atoms in total. The van der Waals surface area contributed by atoms with E-state index in [9.17, 15) is 9.90 Å². The molecule has 33 heavy (non-hydrogen) atoms. The summed E-state index contributed by atoms with van der Waals surface area (Å²) in [7, 11) is 0. The predicted octanol–water partition coefficient (Wildman–Crippen LogP) is 1.64. The number of rotatable bonds is 8. The molecule has 188 valence electrons. The van der Waals surface area contributed by atoms with Gasteiger partial charge in [-0.25, -0.2) is 0 Å². The van der Waals surface area contributed by atoms with Crippen LogP contribution in [0.15, 0.2) is 12.7 Å². The second kappa shape index (κ2) is 11.0. The molecule has 9 unspecified atom stereocenters. The van der Waals surface area contributed by atoms with Crippen LogP contribution in [0, 0.1) is 29.1 Å². The lowest BCUT2D eigenvalue weighted by Gasteiger charge is -2.57. The van der Waals surface area contributed by atoms with Crippen molar-refractivity contribution >= 4 is 17.7 Å². The number of nitrogens with zero attached hydrogens (tertiary/aromatic N) is 1. The van der Waals surface area contributed by atoms with Gasteiger partial charge in [0.25, 0.3) is 0 Å². The maximum absolute atomic E-state index is 13.0. The van der Waals surface area contributed by atoms with E-state index in [1.54, 1.807) is 0 Å². The molecule has 2 saturated carbocycles. The van der Waals surface area contributed by atoms with Crippen LogP contribution >= 0.6 is 11.8 Å². The third-order valence-electron chi connectivity index (χ3n) is 8.85. The first-order valence-electron chi connectivity index (χ1n) is 12.9. The van der Waals surface area contributed by atoms with Crippen LogP contribution in [-0.4, -0.2) is 84.7 Å². The van der Waals surface area contributed by atoms with Gasteiger partial charge in [0.2, 0.25) is 5.91 Å². The van der Waals surface area contributed by atoms with Crippen LogP contribution < -0.4 is 16.0 Å². The average molecular weight is 481 g/mol. The van der Waals surface area contributed by atoms with Gasteiger partial charge in [0.15, 0.2) is 0 Å². The molecule has 4 rings (SSSR count). The van der Waals surface area contributed by atoms with Gasteiger partial charge in [0, 0.05) is 49.9 Å². The topological polar surface area (TPSA) is 85.9 Å². The van der Waals surface area contributed by atoms with E-state index in [1.165, 1.54) is 0 Å². The van der Waals surface area contributed by atoms with Gasteiger partial charge in [-0.3, -0.25) is 20.3 Å². The molecular weight excluding hydrogens is 436 g/mol. The normalized spacial score (nSPS) is 42.2. The highest BCUT2D eigenvalue weighted by Crippen LogP contribution is 2.58. The number of fused-ring (bicyclic) bond motifs is 2. The first-order valence-corrected chi connectivity index (χ1v) is 13.8. The van der Waals surface area contributed by atoms with E-state index in [0.717, 1.165) is 58.7 Å². The number of carbonyl (C=O) groups excluding carboxylic acids is 1. The number of thioether (sulfide) groups is 1. The van der Waals surface area contributed by atoms with Crippen molar-refractivity contribution in [1.82, 2.24) is 20.9 Å². The van der Waals surface area contributed by atoms with Crippen molar-refractivity contribution < 1.29 is 14.6 Å². The Morgan fingerprint density at radius 1 is 1.42 bits per heavy atom. The quantitative estimate of drug-likeness (QED) is 0.393. The molecule has 8 heteroatoms. The summed E-state index contributed by atoms with van der Waals surface area (Å²) in [6.07, 6.45) is 4.60. The maximum Gasteiger partial charge on any atom is 0.223 e. The van der Waals surface area contributed by atoms with Crippen molar-refractivity contribution in [1.29, 1.82) is 0 Å². The third-order valence-corrected chi connectivity index (χ3v) is 10.2. The van der Waals surface area contributed by atoms with Gasteiger partial charge in [-0.1, -0.05) is 26.8 Å². The lowest BCUT2D eigenvalue weighted by atomic mass is 9.51. The van der Waals surface area contributed by atoms with Gasteiger partial charge in [0.1, 0.15) is 5.50 Å². The van der Waals surface area contributed by atoms with Crippen LogP contribution in [0.5, 0.6) is 0 Å². The Hall–Kier alpha value is -0.640. The van der Waals surface area contributed by atoms with E-state index >= 15 is 0 Å². The Morgan fingerprint density at radius 2 is 2.18 bits per heavy atom. The number of ether oxygens (including phenoxy) is 1. The molecule has 0 aromatic heterocycles. The van der Waals surface area contributed by atoms with Gasteiger partial charge in [-0.2, -0.15) is 0 Å². The van der Waals surface area contributed by atoms with E-state index in [1.807, 2.05) is 24.8 Å². The summed E-state index contributed by atoms with van der Waals surface area (Å²) in [4.78, 5) is 15.3. The summed E-state index contributed by atoms with van der Waals surface area (Å²) in [6, 6.07) is 0.390. The summed E-state index contributed by atoms with van der Waals surface area (Å²) in [5.74, 6) is 0.514. The number of aliphatic hydroxyl groups excluding tert-OH is 1. The average Bonchev–Trinajstić information content (AvgIpc) is 3.20. The molecule has 0 spiro atoms. The summed E-state index contributed by atoms with van der Waals surface area (Å²) >= 11 is 2.00. The highest BCUT2D eigenvalue weighted by atomic mass is 32.2. The van der Waals surface area contributed by atoms with Crippen molar-refractivity contribution in [2.24, 2.45) is 29.1 Å². The molecule has 2 aliphatic heterocycles. The van der Waals surface area contributed by atoms with Crippen LogP contribution in [0.3, 0.4) is 0 Å². The number of carbonyl (C=O) groups is 1. The zero-order chi connectivity index (χ0) is 23.6. The minimum Gasteiger partial charge on any atom is -0.392 e. The third kappa shape index (κ3) is 5.46. The second-order valence-corrected chi connectivity index (χ2v) is 12.3. The minimum absolute atomic E-state index is 0.0224. The molecular formula is C25H44N4O3S. The predicted molar refractivity (Wildman–Crippen MR) is 134 cm³/mol. The van der Waals surface area contributed by atoms with Gasteiger partial charge >= 0.3 is 0 Å². The number of hydrogen-bond donors (Lipinski definition) is 4. The van der Waals surface area contributed by atoms with E-state index in [4.69, 9.17) is 4.74 Å². The van der Waals surface area contributed by atoms with Crippen molar-refractivity contribution in [2.75, 3.05) is 45.9 Å². The Kier molecular flexibility index (Phi) is 8.45. The monoisotopic (exact) mass is 480 g/mol. The van der Waals surface area contributed by atoms with Crippen molar-refractivity contribution in [3.8, 4) is 0 Å². The summed E-state index contributed by atoms with van der Waals surface area (Å²) in [5, 5.41) is 22.6. The smallest absolute Gasteiger partial charge is 0.223 e. The Bertz CT molecular complexity index is 691. The summed E-state index contributed by atoms with van der Waals surface area (Å²) in [6.45, 7) is 16.2. The SMILES string of the molecule is C=CCNC1NC2C(CC3(C)CCC(C(C)C(=O)NCCN4CCOCC4)C(O)C3C2C)S1. The number of amides is 1. The fourth-order valence-corrected chi connectivity index (χ4v) is 8.74. The molecule has 9 atom stereocenters. The van der Waals surface area contributed by atoms with E-state index in [2.05, 4.69) is 41.3 Å². The van der Waals surface area contributed by atoms with Crippen molar-refractivity contribution in [3.05, 3.63) is 12.7 Å². The molecule has 2 heterocycles. The highest BCUT2D eigenvalue weighted by Gasteiger charge is 2.58. The van der Waals surface area contributed by atoms with Crippen molar-refractivity contribution in [2.45, 2.75) is 62.9 Å². The molecule has 0 bridgehead atoms. The molecule has 1 amide bonds. The lowest BCUT2D eigenvalue weighted by molar-refractivity contribution is -0.141. The minimum atomic E-state index is -0.438. The van der Waals surface area contributed by atoms with Crippen LogP contribution in [-0.2, 0) is 9.53 Å². The Morgan fingerprint density at radius 3 is 2.91 bits per heavy atom. The number of nitrogens with one attached hydrogen (secondary N) is 3. The summed E-state index contributed by atoms with van der Waals surface area (Å²) in [5.41, 5.74) is 0.374. The van der Waals surface area contributed by atoms with Gasteiger partial charge in [-0.05, 0) is 42.4 Å². The number of hydrogen-bond acceptors (Lipinski definition) is 7. The number of morpholine rings is 1. The molecule has 4 N–H and O–H groups in total. The Labute approximate surface area is 203 Å². The first-order chi connectivity index (χ1) is 15.8. The first kappa shape index (κ1) is 25.5. The van der Waals surface area contributed by atoms with E-state index in [0.29, 0.717) is 23.8 Å². The van der Waals surface area contributed by atoms with E-state index in [-0.39, 0.29) is 34.6 Å². The molecule has 4 fully saturated rings. The lowest BCUT2D eigenvalue weighted by Crippen LogP contribution is -2.60. The summed E-state index contributed by atoms with van der Waals surface area (Å²) < 4.78 is 5.40. The van der Waals surface area contributed by atoms with Gasteiger partial charge in [-0.15, -0.1) is 18.3 Å². The van der Waals surface area contributed by atoms with Crippen molar-refractivity contribution in [3.63, 3.8) is 0 Å². The molecule has 2 aliphatic carbocycles. The van der Waals surface area contributed by atoms with Gasteiger partial charge < -0.3 is 15.2 Å². The van der Waals surface area contributed by atoms with Crippen LogP contribution in [0.2, 0.25) is 0 Å².